The smallest absolute Gasteiger partial charge is 0.305 e. The van der Waals surface area contributed by atoms with Crippen LogP contribution >= 0.6 is 0 Å². The normalized spacial score (nSPS) is 18.5. The Morgan fingerprint density at radius 1 is 1.59 bits per heavy atom. The molecule has 0 aliphatic carbocycles. The van der Waals surface area contributed by atoms with Gasteiger partial charge in [0, 0.05) is 6.04 Å². The summed E-state index contributed by atoms with van der Waals surface area (Å²) in [5.74, 6) is -0.379. The highest BCUT2D eigenvalue weighted by molar-refractivity contribution is 5.68. The molecule has 5 nitrogen and oxygen atoms in total. The fourth-order valence-corrected chi connectivity index (χ4v) is 2.18. The van der Waals surface area contributed by atoms with Crippen molar-refractivity contribution in [2.45, 2.75) is 18.9 Å². The van der Waals surface area contributed by atoms with E-state index in [1.54, 1.807) is 12.1 Å². The lowest BCUT2D eigenvalue weighted by Gasteiger charge is -2.26. The first-order valence-corrected chi connectivity index (χ1v) is 5.46. The first kappa shape index (κ1) is 11.7. The second-order valence-corrected chi connectivity index (χ2v) is 4.08. The summed E-state index contributed by atoms with van der Waals surface area (Å²) >= 11 is 0. The highest BCUT2D eigenvalue weighted by Gasteiger charge is 2.23. The third kappa shape index (κ3) is 2.34. The van der Waals surface area contributed by atoms with Crippen LogP contribution in [0.4, 0.5) is 0 Å². The summed E-state index contributed by atoms with van der Waals surface area (Å²) in [4.78, 5) is 10.8. The Labute approximate surface area is 99.0 Å². The third-order valence-electron chi connectivity index (χ3n) is 2.98. The van der Waals surface area contributed by atoms with Crippen molar-refractivity contribution < 1.29 is 19.7 Å². The van der Waals surface area contributed by atoms with Crippen LogP contribution in [0.5, 0.6) is 11.5 Å². The van der Waals surface area contributed by atoms with Gasteiger partial charge < -0.3 is 20.3 Å². The molecule has 1 aromatic rings. The minimum absolute atomic E-state index is 0.0127. The number of ether oxygens (including phenoxy) is 1. The van der Waals surface area contributed by atoms with Crippen molar-refractivity contribution in [1.82, 2.24) is 5.32 Å². The molecule has 0 saturated heterocycles. The van der Waals surface area contributed by atoms with Gasteiger partial charge in [0.1, 0.15) is 0 Å². The standard InChI is InChI=1S/C12H15NO4/c1-17-11-4-7-2-3-13-9(6-12(15)16)8(7)5-10(11)14/h4-5,9,13-14H,2-3,6H2,1H3,(H,15,16)/t9-/m0/s1. The predicted octanol–water partition coefficient (Wildman–Crippen LogP) is 1.06. The number of nitrogens with one attached hydrogen (secondary N) is 1. The van der Waals surface area contributed by atoms with Gasteiger partial charge in [-0.05, 0) is 36.2 Å². The van der Waals surface area contributed by atoms with Gasteiger partial charge in [0.25, 0.3) is 0 Å². The van der Waals surface area contributed by atoms with E-state index in [1.165, 1.54) is 7.11 Å². The minimum Gasteiger partial charge on any atom is -0.504 e. The average molecular weight is 237 g/mol. The Morgan fingerprint density at radius 2 is 2.35 bits per heavy atom. The Kier molecular flexibility index (Phi) is 3.19. The second-order valence-electron chi connectivity index (χ2n) is 4.08. The molecule has 17 heavy (non-hydrogen) atoms. The number of carboxylic acids is 1. The number of carboxylic acid groups (broad SMARTS) is 1. The molecule has 1 aliphatic rings. The Morgan fingerprint density at radius 3 is 3.00 bits per heavy atom. The van der Waals surface area contributed by atoms with Crippen LogP contribution in [-0.4, -0.2) is 29.8 Å². The average Bonchev–Trinajstić information content (AvgIpc) is 2.28. The zero-order chi connectivity index (χ0) is 12.4. The summed E-state index contributed by atoms with van der Waals surface area (Å²) in [6.07, 6.45) is 0.820. The van der Waals surface area contributed by atoms with Gasteiger partial charge in [0.15, 0.2) is 11.5 Å². The molecule has 3 N–H and O–H groups in total. The quantitative estimate of drug-likeness (QED) is 0.732. The maximum absolute atomic E-state index is 10.8. The maximum atomic E-state index is 10.8. The molecule has 1 heterocycles. The fraction of sp³-hybridized carbons (Fsp3) is 0.417. The van der Waals surface area contributed by atoms with E-state index in [1.807, 2.05) is 0 Å². The van der Waals surface area contributed by atoms with Crippen molar-refractivity contribution in [3.63, 3.8) is 0 Å². The summed E-state index contributed by atoms with van der Waals surface area (Å²) in [6, 6.07) is 3.13. The first-order chi connectivity index (χ1) is 8.11. The van der Waals surface area contributed by atoms with E-state index in [4.69, 9.17) is 9.84 Å². The molecule has 0 unspecified atom stereocenters. The lowest BCUT2D eigenvalue weighted by atomic mass is 9.92. The van der Waals surface area contributed by atoms with Crippen molar-refractivity contribution in [1.29, 1.82) is 0 Å². The van der Waals surface area contributed by atoms with Gasteiger partial charge in [-0.25, -0.2) is 0 Å². The van der Waals surface area contributed by atoms with Gasteiger partial charge in [-0.1, -0.05) is 0 Å². The zero-order valence-electron chi connectivity index (χ0n) is 9.56. The Balaban J connectivity index is 2.37. The largest absolute Gasteiger partial charge is 0.504 e. The molecule has 0 spiro atoms. The SMILES string of the molecule is COc1cc2c(cc1O)[C@H](CC(=O)O)NCC2. The monoisotopic (exact) mass is 237 g/mol. The van der Waals surface area contributed by atoms with Crippen LogP contribution in [0.1, 0.15) is 23.6 Å². The lowest BCUT2D eigenvalue weighted by molar-refractivity contribution is -0.137. The second kappa shape index (κ2) is 4.63. The Hall–Kier alpha value is -1.75. The number of fused-ring (bicyclic) bond motifs is 1. The van der Waals surface area contributed by atoms with E-state index < -0.39 is 5.97 Å². The maximum Gasteiger partial charge on any atom is 0.305 e. The van der Waals surface area contributed by atoms with Gasteiger partial charge in [-0.15, -0.1) is 0 Å². The molecule has 0 aromatic heterocycles. The number of aliphatic carboxylic acids is 1. The van der Waals surface area contributed by atoms with Crippen LogP contribution < -0.4 is 10.1 Å². The topological polar surface area (TPSA) is 78.8 Å². The Bertz CT molecular complexity index is 444. The predicted molar refractivity (Wildman–Crippen MR) is 61.4 cm³/mol. The van der Waals surface area contributed by atoms with Gasteiger partial charge >= 0.3 is 5.97 Å². The number of methoxy groups -OCH3 is 1. The lowest BCUT2D eigenvalue weighted by Crippen LogP contribution is -2.31. The van der Waals surface area contributed by atoms with E-state index in [2.05, 4.69) is 5.32 Å². The molecule has 5 heteroatoms. The highest BCUT2D eigenvalue weighted by atomic mass is 16.5. The van der Waals surface area contributed by atoms with Crippen LogP contribution in [-0.2, 0) is 11.2 Å². The first-order valence-electron chi connectivity index (χ1n) is 5.46. The van der Waals surface area contributed by atoms with E-state index >= 15 is 0 Å². The molecule has 0 bridgehead atoms. The number of phenols is 1. The molecule has 1 aromatic carbocycles. The molecule has 2 rings (SSSR count). The van der Waals surface area contributed by atoms with Crippen LogP contribution in [0.15, 0.2) is 12.1 Å². The molecule has 0 amide bonds. The number of aromatic hydroxyl groups is 1. The molecular weight excluding hydrogens is 222 g/mol. The number of rotatable bonds is 3. The third-order valence-corrected chi connectivity index (χ3v) is 2.98. The van der Waals surface area contributed by atoms with Crippen molar-refractivity contribution in [2.24, 2.45) is 0 Å². The van der Waals surface area contributed by atoms with Crippen LogP contribution in [0, 0.1) is 0 Å². The fourth-order valence-electron chi connectivity index (χ4n) is 2.18. The molecule has 1 atom stereocenters. The summed E-state index contributed by atoms with van der Waals surface area (Å²) < 4.78 is 5.04. The summed E-state index contributed by atoms with van der Waals surface area (Å²) in [7, 11) is 1.50. The summed E-state index contributed by atoms with van der Waals surface area (Å²) in [6.45, 7) is 0.735. The van der Waals surface area contributed by atoms with Gasteiger partial charge in [0.2, 0.25) is 0 Å². The van der Waals surface area contributed by atoms with Crippen LogP contribution in [0.25, 0.3) is 0 Å². The molecule has 0 saturated carbocycles. The molecular formula is C12H15NO4. The van der Waals surface area contributed by atoms with Crippen molar-refractivity contribution in [2.75, 3.05) is 13.7 Å². The van der Waals surface area contributed by atoms with Crippen LogP contribution in [0.3, 0.4) is 0 Å². The van der Waals surface area contributed by atoms with Gasteiger partial charge in [-0.2, -0.15) is 0 Å². The molecule has 0 radical (unpaired) electrons. The van der Waals surface area contributed by atoms with Gasteiger partial charge in [0.05, 0.1) is 13.5 Å². The molecule has 1 aliphatic heterocycles. The van der Waals surface area contributed by atoms with E-state index in [-0.39, 0.29) is 18.2 Å². The highest BCUT2D eigenvalue weighted by Crippen LogP contribution is 2.35. The van der Waals surface area contributed by atoms with Crippen molar-refractivity contribution >= 4 is 5.97 Å². The molecule has 92 valence electrons. The summed E-state index contributed by atoms with van der Waals surface area (Å²) in [5, 5.41) is 21.7. The summed E-state index contributed by atoms with van der Waals surface area (Å²) in [5.41, 5.74) is 1.88. The number of hydrogen-bond donors (Lipinski definition) is 3. The number of benzene rings is 1. The number of phenolic OH excluding ortho intramolecular Hbond substituents is 1. The zero-order valence-corrected chi connectivity index (χ0v) is 9.56. The van der Waals surface area contributed by atoms with Crippen LogP contribution in [0.2, 0.25) is 0 Å². The number of carbonyl (C=O) groups is 1. The molecule has 0 fully saturated rings. The minimum atomic E-state index is -0.856. The number of hydrogen-bond acceptors (Lipinski definition) is 4. The van der Waals surface area contributed by atoms with E-state index in [0.29, 0.717) is 5.75 Å². The van der Waals surface area contributed by atoms with Crippen molar-refractivity contribution in [3.8, 4) is 11.5 Å². The van der Waals surface area contributed by atoms with Crippen molar-refractivity contribution in [3.05, 3.63) is 23.3 Å². The van der Waals surface area contributed by atoms with E-state index in [9.17, 15) is 9.90 Å². The van der Waals surface area contributed by atoms with E-state index in [0.717, 1.165) is 24.1 Å². The van der Waals surface area contributed by atoms with Gasteiger partial charge in [-0.3, -0.25) is 4.79 Å².